The largest absolute Gasteiger partial charge is 0.355 e. The van der Waals surface area contributed by atoms with Gasteiger partial charge in [0, 0.05) is 12.1 Å². The second kappa shape index (κ2) is 4.81. The maximum absolute atomic E-state index is 12.1. The number of aromatic nitrogens is 2. The van der Waals surface area contributed by atoms with E-state index in [9.17, 15) is 8.42 Å². The first kappa shape index (κ1) is 13.2. The number of anilines is 1. The summed E-state index contributed by atoms with van der Waals surface area (Å²) in [6.07, 6.45) is 5.48. The van der Waals surface area contributed by atoms with Crippen molar-refractivity contribution in [1.29, 1.82) is 0 Å². The Kier molecular flexibility index (Phi) is 3.54. The highest BCUT2D eigenvalue weighted by Gasteiger charge is 2.36. The smallest absolute Gasteiger partial charge is 0.244 e. The van der Waals surface area contributed by atoms with Gasteiger partial charge in [0.1, 0.15) is 4.90 Å². The molecule has 1 aliphatic carbocycles. The van der Waals surface area contributed by atoms with Crippen LogP contribution in [0.5, 0.6) is 0 Å². The van der Waals surface area contributed by atoms with Crippen molar-refractivity contribution in [2.75, 3.05) is 11.9 Å². The molecule has 0 radical (unpaired) electrons. The van der Waals surface area contributed by atoms with Gasteiger partial charge in [0.2, 0.25) is 16.0 Å². The quantitative estimate of drug-likeness (QED) is 0.838. The van der Waals surface area contributed by atoms with Gasteiger partial charge in [-0.15, -0.1) is 0 Å². The van der Waals surface area contributed by atoms with Crippen molar-refractivity contribution in [3.63, 3.8) is 0 Å². The lowest BCUT2D eigenvalue weighted by Crippen LogP contribution is -2.50. The summed E-state index contributed by atoms with van der Waals surface area (Å²) in [6, 6.07) is 0. The van der Waals surface area contributed by atoms with E-state index in [4.69, 9.17) is 0 Å². The molecule has 100 valence electrons. The van der Waals surface area contributed by atoms with Crippen LogP contribution in [0.4, 0.5) is 5.95 Å². The van der Waals surface area contributed by atoms with Crippen molar-refractivity contribution in [3.8, 4) is 0 Å². The molecule has 0 saturated heterocycles. The van der Waals surface area contributed by atoms with Gasteiger partial charge in [-0.05, 0) is 33.1 Å². The minimum Gasteiger partial charge on any atom is -0.355 e. The van der Waals surface area contributed by atoms with Gasteiger partial charge >= 0.3 is 0 Å². The fourth-order valence-electron chi connectivity index (χ4n) is 1.90. The van der Waals surface area contributed by atoms with Crippen molar-refractivity contribution in [2.45, 2.75) is 43.5 Å². The average Bonchev–Trinajstić information content (AvgIpc) is 2.28. The van der Waals surface area contributed by atoms with Crippen LogP contribution in [0.15, 0.2) is 17.3 Å². The topological polar surface area (TPSA) is 84.0 Å². The Bertz CT molecular complexity index is 508. The molecule has 1 aromatic heterocycles. The van der Waals surface area contributed by atoms with Crippen molar-refractivity contribution in [3.05, 3.63) is 12.4 Å². The van der Waals surface area contributed by atoms with Crippen LogP contribution in [-0.2, 0) is 10.0 Å². The van der Waals surface area contributed by atoms with Crippen molar-refractivity contribution >= 4 is 16.0 Å². The van der Waals surface area contributed by atoms with Gasteiger partial charge < -0.3 is 5.32 Å². The lowest BCUT2D eigenvalue weighted by Gasteiger charge is -2.38. The Morgan fingerprint density at radius 1 is 1.33 bits per heavy atom. The van der Waals surface area contributed by atoms with Gasteiger partial charge in [-0.2, -0.15) is 0 Å². The Labute approximate surface area is 107 Å². The van der Waals surface area contributed by atoms with Gasteiger partial charge in [-0.3, -0.25) is 0 Å². The molecule has 1 heterocycles. The third-order valence-corrected chi connectivity index (χ3v) is 4.70. The molecule has 0 atom stereocenters. The molecular weight excluding hydrogens is 252 g/mol. The van der Waals surface area contributed by atoms with E-state index >= 15 is 0 Å². The van der Waals surface area contributed by atoms with E-state index in [1.807, 2.05) is 13.8 Å². The maximum atomic E-state index is 12.1. The molecule has 0 unspecified atom stereocenters. The number of nitrogens with zero attached hydrogens (tertiary/aromatic N) is 2. The van der Waals surface area contributed by atoms with Crippen LogP contribution in [0.3, 0.4) is 0 Å². The lowest BCUT2D eigenvalue weighted by atomic mass is 9.80. The number of hydrogen-bond donors (Lipinski definition) is 2. The minimum atomic E-state index is -3.51. The summed E-state index contributed by atoms with van der Waals surface area (Å²) in [6.45, 7) is 4.54. The molecule has 18 heavy (non-hydrogen) atoms. The monoisotopic (exact) mass is 270 g/mol. The van der Waals surface area contributed by atoms with Crippen LogP contribution in [0.25, 0.3) is 0 Å². The molecule has 0 amide bonds. The van der Waals surface area contributed by atoms with E-state index in [0.717, 1.165) is 19.3 Å². The van der Waals surface area contributed by atoms with Crippen LogP contribution in [0, 0.1) is 0 Å². The molecule has 1 aromatic rings. The fraction of sp³-hybridized carbons (Fsp3) is 0.636. The molecule has 1 fully saturated rings. The molecule has 7 heteroatoms. The van der Waals surface area contributed by atoms with Crippen molar-refractivity contribution < 1.29 is 8.42 Å². The zero-order valence-electron chi connectivity index (χ0n) is 10.6. The molecule has 0 aliphatic heterocycles. The minimum absolute atomic E-state index is 0.109. The summed E-state index contributed by atoms with van der Waals surface area (Å²) in [5.41, 5.74) is -0.306. The highest BCUT2D eigenvalue weighted by atomic mass is 32.2. The first-order valence-corrected chi connectivity index (χ1v) is 7.53. The summed E-state index contributed by atoms with van der Waals surface area (Å²) in [4.78, 5) is 8.04. The van der Waals surface area contributed by atoms with E-state index in [1.165, 1.54) is 12.4 Å². The predicted octanol–water partition coefficient (Wildman–Crippen LogP) is 1.13. The second-order valence-electron chi connectivity index (χ2n) is 4.79. The van der Waals surface area contributed by atoms with Gasteiger partial charge in [0.15, 0.2) is 0 Å². The van der Waals surface area contributed by atoms with Crippen molar-refractivity contribution in [1.82, 2.24) is 14.7 Å². The molecule has 0 aromatic carbocycles. The summed E-state index contributed by atoms with van der Waals surface area (Å²) in [5, 5.41) is 2.92. The first-order valence-electron chi connectivity index (χ1n) is 6.05. The predicted molar refractivity (Wildman–Crippen MR) is 68.8 cm³/mol. The van der Waals surface area contributed by atoms with Crippen LogP contribution in [-0.4, -0.2) is 30.5 Å². The molecule has 1 aliphatic rings. The van der Waals surface area contributed by atoms with Crippen LogP contribution >= 0.6 is 0 Å². The Morgan fingerprint density at radius 2 is 1.94 bits per heavy atom. The van der Waals surface area contributed by atoms with Gasteiger partial charge in [0.05, 0.1) is 12.4 Å². The van der Waals surface area contributed by atoms with Crippen LogP contribution < -0.4 is 10.0 Å². The molecule has 2 N–H and O–H groups in total. The van der Waals surface area contributed by atoms with E-state index in [2.05, 4.69) is 20.0 Å². The van der Waals surface area contributed by atoms with Crippen molar-refractivity contribution in [2.24, 2.45) is 0 Å². The van der Waals surface area contributed by atoms with Gasteiger partial charge in [-0.25, -0.2) is 23.1 Å². The summed E-state index contributed by atoms with van der Waals surface area (Å²) in [5.74, 6) is 0.436. The zero-order chi connectivity index (χ0) is 13.2. The summed E-state index contributed by atoms with van der Waals surface area (Å²) in [7, 11) is -3.51. The SMILES string of the molecule is CCNc1ncc(S(=O)(=O)NC2(C)CCC2)cn1. The number of nitrogens with one attached hydrogen (secondary N) is 2. The lowest BCUT2D eigenvalue weighted by molar-refractivity contribution is 0.248. The highest BCUT2D eigenvalue weighted by Crippen LogP contribution is 2.32. The van der Waals surface area contributed by atoms with Gasteiger partial charge in [0.25, 0.3) is 0 Å². The summed E-state index contributed by atoms with van der Waals surface area (Å²) >= 11 is 0. The summed E-state index contributed by atoms with van der Waals surface area (Å²) < 4.78 is 26.9. The molecule has 0 bridgehead atoms. The Balaban J connectivity index is 2.14. The van der Waals surface area contributed by atoms with E-state index in [0.29, 0.717) is 12.5 Å². The van der Waals surface area contributed by atoms with E-state index in [-0.39, 0.29) is 10.4 Å². The third-order valence-electron chi connectivity index (χ3n) is 3.11. The van der Waals surface area contributed by atoms with Crippen LogP contribution in [0.2, 0.25) is 0 Å². The normalized spacial score (nSPS) is 18.1. The fourth-order valence-corrected chi connectivity index (χ4v) is 3.25. The zero-order valence-corrected chi connectivity index (χ0v) is 11.4. The molecule has 1 saturated carbocycles. The first-order chi connectivity index (χ1) is 8.45. The molecule has 6 nitrogen and oxygen atoms in total. The van der Waals surface area contributed by atoms with Crippen LogP contribution in [0.1, 0.15) is 33.1 Å². The average molecular weight is 270 g/mol. The maximum Gasteiger partial charge on any atom is 0.244 e. The Hall–Kier alpha value is -1.21. The number of hydrogen-bond acceptors (Lipinski definition) is 5. The number of sulfonamides is 1. The standard InChI is InChI=1S/C11H18N4O2S/c1-3-12-10-13-7-9(8-14-10)18(16,17)15-11(2)5-4-6-11/h7-8,15H,3-6H2,1-2H3,(H,12,13,14). The van der Waals surface area contributed by atoms with E-state index < -0.39 is 10.0 Å². The van der Waals surface area contributed by atoms with E-state index in [1.54, 1.807) is 0 Å². The molecular formula is C11H18N4O2S. The highest BCUT2D eigenvalue weighted by molar-refractivity contribution is 7.89. The molecule has 2 rings (SSSR count). The van der Waals surface area contributed by atoms with Gasteiger partial charge in [-0.1, -0.05) is 0 Å². The third kappa shape index (κ3) is 2.78. The Morgan fingerprint density at radius 3 is 2.39 bits per heavy atom. The second-order valence-corrected chi connectivity index (χ2v) is 6.47. The number of rotatable bonds is 5. The molecule has 0 spiro atoms.